The Bertz CT molecular complexity index is 1240. The number of carbonyl (C=O) groups is 2. The minimum atomic E-state index is -1.15. The summed E-state index contributed by atoms with van der Waals surface area (Å²) in [6.45, 7) is 0. The molecule has 3 heterocycles. The van der Waals surface area contributed by atoms with E-state index in [1.54, 1.807) is 48.5 Å². The highest BCUT2D eigenvalue weighted by atomic mass is 35.5. The summed E-state index contributed by atoms with van der Waals surface area (Å²) >= 11 is 17.2. The monoisotopic (exact) mass is 487 g/mol. The second-order valence-electron chi connectivity index (χ2n) is 6.88. The first-order valence-electron chi connectivity index (χ1n) is 9.38. The Labute approximate surface area is 198 Å². The van der Waals surface area contributed by atoms with E-state index in [1.807, 2.05) is 6.07 Å². The molecule has 1 aromatic carbocycles. The smallest absolute Gasteiger partial charge is 0.327 e. The Morgan fingerprint density at radius 2 is 1.94 bits per heavy atom. The number of aromatic nitrogens is 1. The maximum absolute atomic E-state index is 13.0. The summed E-state index contributed by atoms with van der Waals surface area (Å²) in [6.07, 6.45) is 1.57. The molecule has 2 N–H and O–H groups in total. The van der Waals surface area contributed by atoms with Crippen molar-refractivity contribution in [1.29, 1.82) is 0 Å². The number of hydrogen-bond acceptors (Lipinski definition) is 5. The minimum Gasteiger partial charge on any atom is -0.480 e. The molecule has 162 valence electrons. The molecule has 1 aliphatic heterocycles. The van der Waals surface area contributed by atoms with Gasteiger partial charge < -0.3 is 14.8 Å². The van der Waals surface area contributed by atoms with E-state index in [-0.39, 0.29) is 27.5 Å². The number of benzene rings is 1. The number of rotatable bonds is 6. The van der Waals surface area contributed by atoms with Crippen molar-refractivity contribution in [2.45, 2.75) is 12.5 Å². The molecule has 1 unspecified atom stereocenters. The summed E-state index contributed by atoms with van der Waals surface area (Å²) in [4.78, 5) is 29.9. The molecule has 1 saturated heterocycles. The predicted molar refractivity (Wildman–Crippen MR) is 124 cm³/mol. The molecule has 0 spiro atoms. The van der Waals surface area contributed by atoms with Gasteiger partial charge in [-0.1, -0.05) is 53.5 Å². The first kappa shape index (κ1) is 22.0. The molecule has 0 saturated carbocycles. The van der Waals surface area contributed by atoms with Crippen LogP contribution in [0.3, 0.4) is 0 Å². The van der Waals surface area contributed by atoms with Gasteiger partial charge >= 0.3 is 5.97 Å². The molecule has 1 fully saturated rings. The Kier molecular flexibility index (Phi) is 6.27. The van der Waals surface area contributed by atoms with Crippen LogP contribution in [0.1, 0.15) is 11.3 Å². The molecule has 10 heteroatoms. The molecular formula is C22H15Cl2N3O4S. The summed E-state index contributed by atoms with van der Waals surface area (Å²) in [7, 11) is 0. The van der Waals surface area contributed by atoms with Crippen molar-refractivity contribution < 1.29 is 19.1 Å². The Morgan fingerprint density at radius 3 is 2.62 bits per heavy atom. The number of carboxylic acid groups (broad SMARTS) is 1. The van der Waals surface area contributed by atoms with Crippen LogP contribution in [0.4, 0.5) is 0 Å². The third kappa shape index (κ3) is 4.52. The minimum absolute atomic E-state index is 0.0151. The number of thiocarbonyl (C=S) groups is 1. The Hall–Kier alpha value is -3.20. The molecule has 32 heavy (non-hydrogen) atoms. The quantitative estimate of drug-likeness (QED) is 0.302. The highest BCUT2D eigenvalue weighted by molar-refractivity contribution is 7.80. The van der Waals surface area contributed by atoms with E-state index >= 15 is 0 Å². The molecule has 4 rings (SSSR count). The number of nitrogens with one attached hydrogen (secondary N) is 1. The van der Waals surface area contributed by atoms with E-state index in [0.29, 0.717) is 17.1 Å². The van der Waals surface area contributed by atoms with Crippen molar-refractivity contribution in [3.8, 4) is 11.3 Å². The van der Waals surface area contributed by atoms with Gasteiger partial charge in [-0.3, -0.25) is 9.69 Å². The number of carbonyl (C=O) groups excluding carboxylic acids is 1. The fourth-order valence-electron chi connectivity index (χ4n) is 3.27. The SMILES string of the molecule is O=C(O)C(Cc1ccccc1)N1C(=O)C(=Cc2ccc(-c3ccc(Cl)nc3Cl)o2)NC1=S. The summed E-state index contributed by atoms with van der Waals surface area (Å²) in [5, 5.41) is 13.0. The summed E-state index contributed by atoms with van der Waals surface area (Å²) in [5.74, 6) is -0.926. The number of hydrogen-bond donors (Lipinski definition) is 2. The van der Waals surface area contributed by atoms with Gasteiger partial charge in [0.15, 0.2) is 5.11 Å². The molecule has 0 bridgehead atoms. The number of carboxylic acids is 1. The molecule has 1 aliphatic rings. The standard InChI is InChI=1S/C22H15Cl2N3O4S/c23-18-9-7-14(19(24)26-18)17-8-6-13(31-17)11-15-20(28)27(22(32)25-15)16(21(29)30)10-12-4-2-1-3-5-12/h1-9,11,16H,10H2,(H,25,32)(H,29,30). The fourth-order valence-corrected chi connectivity index (χ4v) is 4.03. The van der Waals surface area contributed by atoms with Crippen LogP contribution in [0, 0.1) is 0 Å². The molecule has 3 aromatic rings. The zero-order valence-electron chi connectivity index (χ0n) is 16.3. The lowest BCUT2D eigenvalue weighted by atomic mass is 10.0. The normalized spacial score (nSPS) is 15.8. The number of halogens is 2. The van der Waals surface area contributed by atoms with Gasteiger partial charge in [0, 0.05) is 12.5 Å². The molecule has 1 amide bonds. The topological polar surface area (TPSA) is 95.7 Å². The van der Waals surface area contributed by atoms with Crippen molar-refractivity contribution in [2.24, 2.45) is 0 Å². The third-order valence-corrected chi connectivity index (χ3v) is 5.57. The lowest BCUT2D eigenvalue weighted by molar-refractivity contribution is -0.145. The van der Waals surface area contributed by atoms with Gasteiger partial charge in [0.25, 0.3) is 5.91 Å². The third-order valence-electron chi connectivity index (χ3n) is 4.77. The van der Waals surface area contributed by atoms with Crippen molar-refractivity contribution >= 4 is 58.5 Å². The predicted octanol–water partition coefficient (Wildman–Crippen LogP) is 4.40. The molecule has 1 atom stereocenters. The average molecular weight is 488 g/mol. The van der Waals surface area contributed by atoms with Gasteiger partial charge in [0.1, 0.15) is 33.6 Å². The van der Waals surface area contributed by atoms with E-state index in [9.17, 15) is 14.7 Å². The second kappa shape index (κ2) is 9.12. The van der Waals surface area contributed by atoms with Gasteiger partial charge in [-0.05, 0) is 42.0 Å². The van der Waals surface area contributed by atoms with Crippen LogP contribution >= 0.6 is 35.4 Å². The molecule has 0 aliphatic carbocycles. The van der Waals surface area contributed by atoms with Crippen molar-refractivity contribution in [1.82, 2.24) is 15.2 Å². The summed E-state index contributed by atoms with van der Waals surface area (Å²) in [5.41, 5.74) is 1.42. The highest BCUT2D eigenvalue weighted by Gasteiger charge is 2.39. The largest absolute Gasteiger partial charge is 0.480 e. The lowest BCUT2D eigenvalue weighted by Gasteiger charge is -2.22. The first-order valence-corrected chi connectivity index (χ1v) is 10.5. The van der Waals surface area contributed by atoms with Crippen LogP contribution in [0.5, 0.6) is 0 Å². The second-order valence-corrected chi connectivity index (χ2v) is 8.01. The number of aliphatic carboxylic acids is 1. The number of nitrogens with zero attached hydrogens (tertiary/aromatic N) is 2. The van der Waals surface area contributed by atoms with Gasteiger partial charge in [-0.25, -0.2) is 9.78 Å². The van der Waals surface area contributed by atoms with Crippen LogP contribution in [0.15, 0.2) is 64.7 Å². The molecule has 2 aromatic heterocycles. The maximum Gasteiger partial charge on any atom is 0.327 e. The van der Waals surface area contributed by atoms with E-state index in [2.05, 4.69) is 10.3 Å². The lowest BCUT2D eigenvalue weighted by Crippen LogP contribution is -2.46. The van der Waals surface area contributed by atoms with E-state index in [4.69, 9.17) is 39.8 Å². The van der Waals surface area contributed by atoms with Gasteiger partial charge in [-0.2, -0.15) is 0 Å². The fraction of sp³-hybridized carbons (Fsp3) is 0.0909. The Morgan fingerprint density at radius 1 is 1.19 bits per heavy atom. The van der Waals surface area contributed by atoms with Crippen LogP contribution in [-0.2, 0) is 16.0 Å². The van der Waals surface area contributed by atoms with Crippen molar-refractivity contribution in [2.75, 3.05) is 0 Å². The number of furan rings is 1. The van der Waals surface area contributed by atoms with Crippen LogP contribution in [0.25, 0.3) is 17.4 Å². The molecule has 7 nitrogen and oxygen atoms in total. The van der Waals surface area contributed by atoms with E-state index < -0.39 is 17.9 Å². The zero-order valence-corrected chi connectivity index (χ0v) is 18.6. The molecule has 0 radical (unpaired) electrons. The van der Waals surface area contributed by atoms with E-state index in [0.717, 1.165) is 10.5 Å². The summed E-state index contributed by atoms with van der Waals surface area (Å²) in [6, 6.07) is 14.5. The van der Waals surface area contributed by atoms with Crippen molar-refractivity contribution in [3.05, 3.63) is 81.9 Å². The van der Waals surface area contributed by atoms with Crippen molar-refractivity contribution in [3.63, 3.8) is 0 Å². The van der Waals surface area contributed by atoms with Crippen LogP contribution in [0.2, 0.25) is 10.3 Å². The zero-order chi connectivity index (χ0) is 22.8. The van der Waals surface area contributed by atoms with Crippen LogP contribution in [-0.4, -0.2) is 38.0 Å². The molecular weight excluding hydrogens is 473 g/mol. The highest BCUT2D eigenvalue weighted by Crippen LogP contribution is 2.30. The van der Waals surface area contributed by atoms with Gasteiger partial charge in [0.2, 0.25) is 0 Å². The van der Waals surface area contributed by atoms with Gasteiger partial charge in [-0.15, -0.1) is 0 Å². The number of pyridine rings is 1. The average Bonchev–Trinajstić information content (AvgIpc) is 3.31. The van der Waals surface area contributed by atoms with Crippen LogP contribution < -0.4 is 5.32 Å². The van der Waals surface area contributed by atoms with Gasteiger partial charge in [0.05, 0.1) is 5.56 Å². The number of amides is 1. The summed E-state index contributed by atoms with van der Waals surface area (Å²) < 4.78 is 5.76. The van der Waals surface area contributed by atoms with E-state index in [1.165, 1.54) is 6.08 Å². The Balaban J connectivity index is 1.58. The maximum atomic E-state index is 13.0. The first-order chi connectivity index (χ1) is 15.3.